The molecule has 0 aliphatic carbocycles. The normalized spacial score (nSPS) is 12.2. The third-order valence-corrected chi connectivity index (χ3v) is 15.1. The average Bonchev–Trinajstić information content (AvgIpc) is 3.41. The van der Waals surface area contributed by atoms with Crippen molar-refractivity contribution in [2.45, 2.75) is 374 Å². The van der Waals surface area contributed by atoms with Crippen LogP contribution in [0.15, 0.2) is 36.5 Å². The highest BCUT2D eigenvalue weighted by atomic mass is 16.6. The highest BCUT2D eigenvalue weighted by molar-refractivity contribution is 5.71. The standard InChI is InChI=1S/C69H128O6/c1-4-7-10-13-16-19-22-25-27-29-31-32-33-34-35-36-37-38-39-41-42-44-47-50-53-56-59-62-68(71)74-65-66(64-73-67(70)61-58-55-52-49-46-24-21-18-15-12-9-6-3)75-69(72)63-60-57-54-51-48-45-43-40-30-28-26-23-20-17-14-11-8-5-2/h20,23,28-31,66H,4-19,21-22,24-27,32-65H2,1-3H3/b23-20-,30-28-,31-29-. The van der Waals surface area contributed by atoms with Crippen LogP contribution in [0, 0.1) is 0 Å². The van der Waals surface area contributed by atoms with Gasteiger partial charge in [0, 0.05) is 19.3 Å². The molecule has 0 aromatic rings. The van der Waals surface area contributed by atoms with Crippen molar-refractivity contribution < 1.29 is 28.6 Å². The molecule has 0 aromatic heterocycles. The Morgan fingerprint density at radius 3 is 0.760 bits per heavy atom. The fourth-order valence-corrected chi connectivity index (χ4v) is 10.1. The van der Waals surface area contributed by atoms with Gasteiger partial charge in [-0.25, -0.2) is 0 Å². The molecule has 75 heavy (non-hydrogen) atoms. The summed E-state index contributed by atoms with van der Waals surface area (Å²) >= 11 is 0. The van der Waals surface area contributed by atoms with Crippen molar-refractivity contribution in [1.82, 2.24) is 0 Å². The molecule has 0 aromatic carbocycles. The minimum absolute atomic E-state index is 0.0706. The summed E-state index contributed by atoms with van der Waals surface area (Å²) in [5.74, 6) is -0.854. The maximum Gasteiger partial charge on any atom is 0.306 e. The molecule has 0 radical (unpaired) electrons. The maximum absolute atomic E-state index is 12.9. The van der Waals surface area contributed by atoms with Crippen LogP contribution in [-0.4, -0.2) is 37.2 Å². The molecule has 0 saturated heterocycles. The lowest BCUT2D eigenvalue weighted by atomic mass is 10.0. The van der Waals surface area contributed by atoms with Crippen LogP contribution in [0.25, 0.3) is 0 Å². The van der Waals surface area contributed by atoms with Crippen molar-refractivity contribution in [2.24, 2.45) is 0 Å². The molecule has 0 rings (SSSR count). The van der Waals surface area contributed by atoms with E-state index in [1.807, 2.05) is 0 Å². The second-order valence-electron chi connectivity index (χ2n) is 22.7. The van der Waals surface area contributed by atoms with Gasteiger partial charge in [-0.15, -0.1) is 0 Å². The van der Waals surface area contributed by atoms with Crippen LogP contribution < -0.4 is 0 Å². The summed E-state index contributed by atoms with van der Waals surface area (Å²) in [6, 6.07) is 0. The summed E-state index contributed by atoms with van der Waals surface area (Å²) in [7, 11) is 0. The van der Waals surface area contributed by atoms with Crippen LogP contribution in [-0.2, 0) is 28.6 Å². The smallest absolute Gasteiger partial charge is 0.306 e. The van der Waals surface area contributed by atoms with Crippen molar-refractivity contribution in [1.29, 1.82) is 0 Å². The zero-order valence-electron chi connectivity index (χ0n) is 50.6. The molecule has 0 heterocycles. The number of carbonyl (C=O) groups excluding carboxylic acids is 3. The van der Waals surface area contributed by atoms with Crippen LogP contribution in [0.1, 0.15) is 367 Å². The van der Waals surface area contributed by atoms with Gasteiger partial charge in [0.2, 0.25) is 0 Å². The van der Waals surface area contributed by atoms with Gasteiger partial charge in [0.05, 0.1) is 0 Å². The van der Waals surface area contributed by atoms with Gasteiger partial charge < -0.3 is 14.2 Å². The number of allylic oxidation sites excluding steroid dienone is 6. The van der Waals surface area contributed by atoms with Crippen molar-refractivity contribution in [2.75, 3.05) is 13.2 Å². The number of hydrogen-bond donors (Lipinski definition) is 0. The quantitative estimate of drug-likeness (QED) is 0.0261. The molecule has 0 fully saturated rings. The van der Waals surface area contributed by atoms with Gasteiger partial charge >= 0.3 is 17.9 Å². The lowest BCUT2D eigenvalue weighted by molar-refractivity contribution is -0.167. The van der Waals surface area contributed by atoms with Gasteiger partial charge in [-0.1, -0.05) is 308 Å². The summed E-state index contributed by atoms with van der Waals surface area (Å²) in [6.07, 6.45) is 78.8. The van der Waals surface area contributed by atoms with Crippen LogP contribution in [0.3, 0.4) is 0 Å². The summed E-state index contributed by atoms with van der Waals surface area (Å²) in [6.45, 7) is 6.67. The largest absolute Gasteiger partial charge is 0.462 e. The summed E-state index contributed by atoms with van der Waals surface area (Å²) in [5, 5.41) is 0. The first-order valence-corrected chi connectivity index (χ1v) is 33.5. The molecule has 1 unspecified atom stereocenters. The third kappa shape index (κ3) is 62.4. The lowest BCUT2D eigenvalue weighted by Crippen LogP contribution is -2.30. The summed E-state index contributed by atoms with van der Waals surface area (Å²) in [4.78, 5) is 38.3. The topological polar surface area (TPSA) is 78.9 Å². The van der Waals surface area contributed by atoms with E-state index in [4.69, 9.17) is 14.2 Å². The molecule has 0 N–H and O–H groups in total. The maximum atomic E-state index is 12.9. The number of unbranched alkanes of at least 4 members (excludes halogenated alkanes) is 45. The van der Waals surface area contributed by atoms with E-state index in [2.05, 4.69) is 57.2 Å². The van der Waals surface area contributed by atoms with E-state index < -0.39 is 6.10 Å². The van der Waals surface area contributed by atoms with Gasteiger partial charge in [-0.2, -0.15) is 0 Å². The van der Waals surface area contributed by atoms with E-state index in [-0.39, 0.29) is 31.1 Å². The van der Waals surface area contributed by atoms with Crippen LogP contribution >= 0.6 is 0 Å². The Hall–Kier alpha value is -2.37. The Bertz CT molecular complexity index is 1250. The fraction of sp³-hybridized carbons (Fsp3) is 0.870. The van der Waals surface area contributed by atoms with Gasteiger partial charge in [0.25, 0.3) is 0 Å². The number of rotatable bonds is 62. The van der Waals surface area contributed by atoms with Crippen molar-refractivity contribution in [3.8, 4) is 0 Å². The molecular formula is C69H128O6. The summed E-state index contributed by atoms with van der Waals surface area (Å²) < 4.78 is 16.9. The van der Waals surface area contributed by atoms with E-state index >= 15 is 0 Å². The van der Waals surface area contributed by atoms with Gasteiger partial charge in [-0.05, 0) is 77.0 Å². The molecule has 0 aliphatic heterocycles. The van der Waals surface area contributed by atoms with Crippen molar-refractivity contribution in [3.63, 3.8) is 0 Å². The molecule has 0 aliphatic rings. The second kappa shape index (κ2) is 64.2. The first-order valence-electron chi connectivity index (χ1n) is 33.5. The first-order chi connectivity index (χ1) is 37.0. The van der Waals surface area contributed by atoms with Gasteiger partial charge in [-0.3, -0.25) is 14.4 Å². The molecule has 6 heteroatoms. The average molecular weight is 1050 g/mol. The van der Waals surface area contributed by atoms with Crippen LogP contribution in [0.5, 0.6) is 0 Å². The predicted octanol–water partition coefficient (Wildman–Crippen LogP) is 22.8. The van der Waals surface area contributed by atoms with E-state index in [9.17, 15) is 14.4 Å². The molecule has 0 saturated carbocycles. The minimum Gasteiger partial charge on any atom is -0.462 e. The number of ether oxygens (including phenoxy) is 3. The van der Waals surface area contributed by atoms with E-state index in [0.29, 0.717) is 19.3 Å². The highest BCUT2D eigenvalue weighted by Gasteiger charge is 2.19. The van der Waals surface area contributed by atoms with Crippen LogP contribution in [0.4, 0.5) is 0 Å². The monoisotopic (exact) mass is 1050 g/mol. The number of esters is 3. The Morgan fingerprint density at radius 1 is 0.267 bits per heavy atom. The minimum atomic E-state index is -0.773. The zero-order chi connectivity index (χ0) is 54.3. The van der Waals surface area contributed by atoms with E-state index in [1.54, 1.807) is 0 Å². The Morgan fingerprint density at radius 2 is 0.480 bits per heavy atom. The molecule has 0 spiro atoms. The van der Waals surface area contributed by atoms with E-state index in [0.717, 1.165) is 70.6 Å². The molecule has 0 amide bonds. The predicted molar refractivity (Wildman–Crippen MR) is 326 cm³/mol. The Kier molecular flexibility index (Phi) is 62.1. The Balaban J connectivity index is 4.20. The molecule has 6 nitrogen and oxygen atoms in total. The number of carbonyl (C=O) groups is 3. The highest BCUT2D eigenvalue weighted by Crippen LogP contribution is 2.18. The molecular weight excluding hydrogens is 925 g/mol. The van der Waals surface area contributed by atoms with Crippen LogP contribution in [0.2, 0.25) is 0 Å². The second-order valence-corrected chi connectivity index (χ2v) is 22.7. The van der Waals surface area contributed by atoms with Crippen molar-refractivity contribution in [3.05, 3.63) is 36.5 Å². The van der Waals surface area contributed by atoms with Gasteiger partial charge in [0.15, 0.2) is 6.10 Å². The molecule has 1 atom stereocenters. The fourth-order valence-electron chi connectivity index (χ4n) is 10.1. The zero-order valence-corrected chi connectivity index (χ0v) is 50.6. The van der Waals surface area contributed by atoms with Crippen molar-refractivity contribution >= 4 is 17.9 Å². The Labute approximate surface area is 467 Å². The molecule has 0 bridgehead atoms. The summed E-state index contributed by atoms with van der Waals surface area (Å²) in [5.41, 5.74) is 0. The SMILES string of the molecule is CCCCCC/C=C\C/C=C\CCCCCCCCCC(=O)OC(COC(=O)CCCCCCCCCCCCCC)COC(=O)CCCCCCCCCCCCCCCCC/C=C\CCCCCCCCCC. The molecule has 440 valence electrons. The lowest BCUT2D eigenvalue weighted by Gasteiger charge is -2.18. The number of hydrogen-bond acceptors (Lipinski definition) is 6. The van der Waals surface area contributed by atoms with Gasteiger partial charge in [0.1, 0.15) is 13.2 Å². The third-order valence-electron chi connectivity index (χ3n) is 15.1. The van der Waals surface area contributed by atoms with E-state index in [1.165, 1.54) is 257 Å². The first kappa shape index (κ1) is 72.6.